The van der Waals surface area contributed by atoms with Crippen LogP contribution in [-0.2, 0) is 4.79 Å². The molecule has 2 aliphatic heterocycles. The number of anilines is 2. The maximum atomic E-state index is 14.9. The molecule has 3 atom stereocenters. The molecule has 4 N–H and O–H groups in total. The molecule has 4 aromatic rings. The number of hydrogen-bond acceptors (Lipinski definition) is 8. The molecule has 15 heteroatoms. The van der Waals surface area contributed by atoms with Crippen LogP contribution in [0.3, 0.4) is 0 Å². The number of nitrogen functional groups attached to an aromatic ring is 1. The van der Waals surface area contributed by atoms with Crippen molar-refractivity contribution in [2.75, 3.05) is 23.7 Å². The quantitative estimate of drug-likeness (QED) is 0.177. The number of alkyl halides is 3. The largest absolute Gasteiger partial charge is 0.480 e. The molecule has 2 unspecified atom stereocenters. The highest BCUT2D eigenvalue weighted by molar-refractivity contribution is 6.42. The van der Waals surface area contributed by atoms with Crippen molar-refractivity contribution in [1.29, 1.82) is 0 Å². The minimum Gasteiger partial charge on any atom is -0.480 e. The van der Waals surface area contributed by atoms with Crippen molar-refractivity contribution in [1.82, 2.24) is 25.1 Å². The molecule has 4 heterocycles. The summed E-state index contributed by atoms with van der Waals surface area (Å²) >= 11 is 12.3. The molecule has 0 aliphatic carbocycles. The number of aromatic nitrogens is 4. The number of carbonyl (C=O) groups is 1. The van der Waals surface area contributed by atoms with Crippen LogP contribution in [0.2, 0.25) is 10.0 Å². The van der Waals surface area contributed by atoms with E-state index in [9.17, 15) is 23.1 Å². The molecular formula is C33H34Cl2F3N7O3. The Morgan fingerprint density at radius 3 is 2.44 bits per heavy atom. The van der Waals surface area contributed by atoms with Gasteiger partial charge in [-0.25, -0.2) is 4.68 Å². The topological polar surface area (TPSA) is 131 Å². The second kappa shape index (κ2) is 13.1. The average Bonchev–Trinajstić information content (AvgIpc) is 3.64. The summed E-state index contributed by atoms with van der Waals surface area (Å²) in [5.74, 6) is -1.11. The predicted octanol–water partition coefficient (Wildman–Crippen LogP) is 7.02. The van der Waals surface area contributed by atoms with Crippen LogP contribution < -0.4 is 20.7 Å². The van der Waals surface area contributed by atoms with E-state index in [1.54, 1.807) is 49.5 Å². The zero-order valence-corrected chi connectivity index (χ0v) is 27.6. The molecule has 2 aromatic carbocycles. The van der Waals surface area contributed by atoms with Crippen LogP contribution in [0.15, 0.2) is 54.7 Å². The Bertz CT molecular complexity index is 1830. The lowest BCUT2D eigenvalue weighted by atomic mass is 9.71. The van der Waals surface area contributed by atoms with Crippen molar-refractivity contribution in [3.8, 4) is 22.7 Å². The third-order valence-corrected chi connectivity index (χ3v) is 10.1. The number of nitrogens with zero attached hydrogens (tertiary/aromatic N) is 5. The van der Waals surface area contributed by atoms with Crippen molar-refractivity contribution in [3.05, 3.63) is 76.0 Å². The number of benzene rings is 2. The minimum absolute atomic E-state index is 0.0542. The predicted molar refractivity (Wildman–Crippen MR) is 177 cm³/mol. The first-order valence-corrected chi connectivity index (χ1v) is 16.3. The van der Waals surface area contributed by atoms with Crippen LogP contribution in [0.25, 0.3) is 16.8 Å². The standard InChI is InChI=1S/C33H34Cl2F3N7O3/c1-3-26-32(17-24(40-26)30(46)47)9-12-44(13-10-32)27-16-28(42-31(39)41-27)48-29(33(36,37)38)21-6-4-20(19-5-7-22(34)23(35)14-19)15-25(21)45-11-8-18(2)43-45/h4-8,11,14-16,24,26,29,40H,3,9-10,12-13,17H2,1-2H3,(H,46,47)(H2,39,41,42)/t24?,26?,29-/m1/s1. The van der Waals surface area contributed by atoms with E-state index in [4.69, 9.17) is 33.7 Å². The third-order valence-electron chi connectivity index (χ3n) is 9.32. The normalized spacial score (nSPS) is 19.9. The van der Waals surface area contributed by atoms with Crippen LogP contribution in [0.5, 0.6) is 5.88 Å². The number of carboxylic acid groups (broad SMARTS) is 1. The minimum atomic E-state index is -4.86. The summed E-state index contributed by atoms with van der Waals surface area (Å²) in [6, 6.07) is 12.0. The number of hydrogen-bond donors (Lipinski definition) is 3. The SMILES string of the molecule is CCC1NC(C(=O)O)CC12CCN(c1cc(O[C@H](c3ccc(-c4ccc(Cl)c(Cl)c4)cc3-n3ccc(C)n3)C(F)(F)F)nc(N)n1)CC2. The van der Waals surface area contributed by atoms with Crippen LogP contribution >= 0.6 is 23.2 Å². The Morgan fingerprint density at radius 1 is 1.10 bits per heavy atom. The first-order valence-electron chi connectivity index (χ1n) is 15.5. The first-order chi connectivity index (χ1) is 22.8. The van der Waals surface area contributed by atoms with Crippen LogP contribution in [0, 0.1) is 12.3 Å². The summed E-state index contributed by atoms with van der Waals surface area (Å²) in [5, 5.41) is 17.9. The Balaban J connectivity index is 1.31. The Kier molecular flexibility index (Phi) is 9.22. The van der Waals surface area contributed by atoms with Gasteiger partial charge in [0.05, 0.1) is 21.4 Å². The van der Waals surface area contributed by atoms with E-state index in [2.05, 4.69) is 20.4 Å². The van der Waals surface area contributed by atoms with Gasteiger partial charge in [0, 0.05) is 37.0 Å². The average molecular weight is 705 g/mol. The summed E-state index contributed by atoms with van der Waals surface area (Å²) in [7, 11) is 0. The van der Waals surface area contributed by atoms with Gasteiger partial charge in [-0.05, 0) is 73.4 Å². The van der Waals surface area contributed by atoms with Gasteiger partial charge >= 0.3 is 12.1 Å². The highest BCUT2D eigenvalue weighted by atomic mass is 35.5. The van der Waals surface area contributed by atoms with E-state index in [1.807, 2.05) is 11.8 Å². The molecule has 0 bridgehead atoms. The fourth-order valence-corrected chi connectivity index (χ4v) is 7.22. The van der Waals surface area contributed by atoms with Gasteiger partial charge in [-0.3, -0.25) is 4.79 Å². The molecule has 2 aromatic heterocycles. The monoisotopic (exact) mass is 703 g/mol. The highest BCUT2D eigenvalue weighted by Gasteiger charge is 2.50. The van der Waals surface area contributed by atoms with Crippen molar-refractivity contribution in [2.45, 2.75) is 63.9 Å². The highest BCUT2D eigenvalue weighted by Crippen LogP contribution is 2.46. The van der Waals surface area contributed by atoms with Crippen molar-refractivity contribution < 1.29 is 27.8 Å². The summed E-state index contributed by atoms with van der Waals surface area (Å²) < 4.78 is 51.7. The maximum absolute atomic E-state index is 14.9. The van der Waals surface area contributed by atoms with Crippen LogP contribution in [-0.4, -0.2) is 62.2 Å². The first kappa shape index (κ1) is 33.8. The number of piperidine rings is 1. The fourth-order valence-electron chi connectivity index (χ4n) is 6.92. The molecule has 0 radical (unpaired) electrons. The molecular weight excluding hydrogens is 670 g/mol. The van der Waals surface area contributed by atoms with Crippen LogP contribution in [0.4, 0.5) is 24.9 Å². The summed E-state index contributed by atoms with van der Waals surface area (Å²) in [6.45, 7) is 4.80. The van der Waals surface area contributed by atoms with Gasteiger partial charge in [0.15, 0.2) is 0 Å². The summed E-state index contributed by atoms with van der Waals surface area (Å²) in [4.78, 5) is 22.0. The molecule has 6 rings (SSSR count). The smallest absolute Gasteiger partial charge is 0.429 e. The van der Waals surface area contributed by atoms with Crippen molar-refractivity contribution in [2.24, 2.45) is 5.41 Å². The van der Waals surface area contributed by atoms with Gasteiger partial charge in [0.25, 0.3) is 0 Å². The third kappa shape index (κ3) is 6.76. The van der Waals surface area contributed by atoms with Gasteiger partial charge in [0.2, 0.25) is 17.9 Å². The number of nitrogens with two attached hydrogens (primary N) is 1. The molecule has 0 saturated carbocycles. The number of halogens is 5. The van der Waals surface area contributed by atoms with Gasteiger partial charge in [-0.15, -0.1) is 0 Å². The molecule has 10 nitrogen and oxygen atoms in total. The van der Waals surface area contributed by atoms with Crippen LogP contribution in [0.1, 0.15) is 50.0 Å². The zero-order chi connectivity index (χ0) is 34.4. The molecule has 2 aliphatic rings. The van der Waals surface area contributed by atoms with Crippen molar-refractivity contribution >= 4 is 40.9 Å². The van der Waals surface area contributed by atoms with E-state index in [0.29, 0.717) is 65.0 Å². The number of nitrogens with one attached hydrogen (secondary N) is 1. The van der Waals surface area contributed by atoms with Crippen molar-refractivity contribution in [3.63, 3.8) is 0 Å². The summed E-state index contributed by atoms with van der Waals surface area (Å²) in [6.07, 6.45) is -3.04. The molecule has 48 heavy (non-hydrogen) atoms. The molecule has 0 amide bonds. The molecule has 254 valence electrons. The molecule has 1 spiro atoms. The van der Waals surface area contributed by atoms with Gasteiger partial charge < -0.3 is 25.8 Å². The lowest BCUT2D eigenvalue weighted by Gasteiger charge is -2.43. The van der Waals surface area contributed by atoms with Gasteiger partial charge in [-0.1, -0.05) is 48.3 Å². The number of ether oxygens (including phenoxy) is 1. The van der Waals surface area contributed by atoms with E-state index >= 15 is 0 Å². The Morgan fingerprint density at radius 2 is 1.81 bits per heavy atom. The second-order valence-corrected chi connectivity index (χ2v) is 13.2. The van der Waals surface area contributed by atoms with E-state index in [1.165, 1.54) is 16.8 Å². The zero-order valence-electron chi connectivity index (χ0n) is 26.1. The Labute approximate surface area is 285 Å². The van der Waals surface area contributed by atoms with Gasteiger partial charge in [-0.2, -0.15) is 28.2 Å². The number of rotatable bonds is 8. The van der Waals surface area contributed by atoms with E-state index in [-0.39, 0.29) is 34.5 Å². The van der Waals surface area contributed by atoms with Gasteiger partial charge in [0.1, 0.15) is 11.9 Å². The molecule has 2 saturated heterocycles. The lowest BCUT2D eigenvalue weighted by Crippen LogP contribution is -2.46. The van der Waals surface area contributed by atoms with E-state index < -0.39 is 24.3 Å². The number of carboxylic acids is 1. The molecule has 2 fully saturated rings. The number of aliphatic carboxylic acids is 1. The number of aryl methyl sites for hydroxylation is 1. The second-order valence-electron chi connectivity index (χ2n) is 12.3. The summed E-state index contributed by atoms with van der Waals surface area (Å²) in [5.41, 5.74) is 7.62. The fraction of sp³-hybridized carbons (Fsp3) is 0.394. The lowest BCUT2D eigenvalue weighted by molar-refractivity contribution is -0.198. The maximum Gasteiger partial charge on any atom is 0.429 e. The Hall–Kier alpha value is -4.07. The van der Waals surface area contributed by atoms with E-state index in [0.717, 1.165) is 6.42 Å².